The second kappa shape index (κ2) is 6.00. The van der Waals surface area contributed by atoms with Crippen molar-refractivity contribution in [1.82, 2.24) is 4.72 Å². The molecule has 0 radical (unpaired) electrons. The minimum absolute atomic E-state index is 0.0310. The second-order valence-electron chi connectivity index (χ2n) is 5.64. The molecule has 0 aliphatic carbocycles. The van der Waals surface area contributed by atoms with Crippen molar-refractivity contribution in [2.24, 2.45) is 5.73 Å². The predicted molar refractivity (Wildman–Crippen MR) is 77.8 cm³/mol. The maximum absolute atomic E-state index is 13.7. The lowest BCUT2D eigenvalue weighted by Crippen LogP contribution is -2.40. The molecule has 1 aliphatic rings. The van der Waals surface area contributed by atoms with Crippen LogP contribution >= 0.6 is 0 Å². The lowest BCUT2D eigenvalue weighted by Gasteiger charge is -2.23. The van der Waals surface area contributed by atoms with E-state index in [2.05, 4.69) is 4.72 Å². The average molecular weight is 316 g/mol. The summed E-state index contributed by atoms with van der Waals surface area (Å²) in [6.07, 6.45) is 1.73. The van der Waals surface area contributed by atoms with Crippen LogP contribution in [0, 0.1) is 12.7 Å². The molecule has 1 aliphatic heterocycles. The average Bonchev–Trinajstić information content (AvgIpc) is 2.87. The number of hydrogen-bond donors (Lipinski definition) is 2. The molecular weight excluding hydrogens is 295 g/mol. The van der Waals surface area contributed by atoms with Gasteiger partial charge in [0.05, 0.1) is 10.5 Å². The van der Waals surface area contributed by atoms with E-state index in [0.717, 1.165) is 12.8 Å². The van der Waals surface area contributed by atoms with E-state index < -0.39 is 21.4 Å². The standard InChI is InChI=1S/C14H21FN2O3S/c1-10-6-12(7-11(8-16)13(10)15)21(18,19)17-9-14(2)4-3-5-20-14/h6-7,17H,3-5,8-9,16H2,1-2H3. The molecular formula is C14H21FN2O3S. The Morgan fingerprint density at radius 1 is 1.48 bits per heavy atom. The first-order valence-electron chi connectivity index (χ1n) is 6.90. The van der Waals surface area contributed by atoms with Gasteiger partial charge in [-0.1, -0.05) is 0 Å². The fourth-order valence-electron chi connectivity index (χ4n) is 2.42. The lowest BCUT2D eigenvalue weighted by molar-refractivity contribution is 0.0250. The van der Waals surface area contributed by atoms with Crippen LogP contribution in [0.15, 0.2) is 17.0 Å². The third kappa shape index (κ3) is 3.60. The van der Waals surface area contributed by atoms with E-state index in [1.807, 2.05) is 6.92 Å². The number of nitrogens with two attached hydrogens (primary N) is 1. The summed E-state index contributed by atoms with van der Waals surface area (Å²) < 4.78 is 46.5. The topological polar surface area (TPSA) is 81.4 Å². The molecule has 21 heavy (non-hydrogen) atoms. The summed E-state index contributed by atoms with van der Waals surface area (Å²) >= 11 is 0. The van der Waals surface area contributed by atoms with Gasteiger partial charge in [0, 0.05) is 25.3 Å². The normalized spacial score (nSPS) is 22.7. The highest BCUT2D eigenvalue weighted by molar-refractivity contribution is 7.89. The Morgan fingerprint density at radius 2 is 2.19 bits per heavy atom. The van der Waals surface area contributed by atoms with Crippen LogP contribution in [0.5, 0.6) is 0 Å². The van der Waals surface area contributed by atoms with Crippen molar-refractivity contribution in [2.45, 2.75) is 43.7 Å². The van der Waals surface area contributed by atoms with Crippen LogP contribution in [0.25, 0.3) is 0 Å². The van der Waals surface area contributed by atoms with E-state index in [0.29, 0.717) is 6.61 Å². The van der Waals surface area contributed by atoms with E-state index >= 15 is 0 Å². The zero-order valence-corrected chi connectivity index (χ0v) is 13.1. The van der Waals surface area contributed by atoms with Crippen molar-refractivity contribution in [1.29, 1.82) is 0 Å². The van der Waals surface area contributed by atoms with Crippen molar-refractivity contribution in [3.8, 4) is 0 Å². The molecule has 1 fully saturated rings. The molecule has 1 heterocycles. The highest BCUT2D eigenvalue weighted by Gasteiger charge is 2.31. The number of ether oxygens (including phenoxy) is 1. The summed E-state index contributed by atoms with van der Waals surface area (Å²) in [4.78, 5) is 0.0310. The van der Waals surface area contributed by atoms with Gasteiger partial charge in [-0.3, -0.25) is 0 Å². The van der Waals surface area contributed by atoms with Crippen molar-refractivity contribution in [3.05, 3.63) is 29.1 Å². The van der Waals surface area contributed by atoms with Gasteiger partial charge in [0.1, 0.15) is 5.82 Å². The van der Waals surface area contributed by atoms with Crippen LogP contribution < -0.4 is 10.5 Å². The van der Waals surface area contributed by atoms with E-state index in [1.165, 1.54) is 19.1 Å². The fraction of sp³-hybridized carbons (Fsp3) is 0.571. The molecule has 3 N–H and O–H groups in total. The van der Waals surface area contributed by atoms with Gasteiger partial charge in [0.15, 0.2) is 0 Å². The van der Waals surface area contributed by atoms with Gasteiger partial charge in [-0.25, -0.2) is 17.5 Å². The van der Waals surface area contributed by atoms with Crippen molar-refractivity contribution in [2.75, 3.05) is 13.2 Å². The Balaban J connectivity index is 2.21. The molecule has 118 valence electrons. The third-order valence-corrected chi connectivity index (χ3v) is 5.15. The summed E-state index contributed by atoms with van der Waals surface area (Å²) in [7, 11) is -3.71. The maximum Gasteiger partial charge on any atom is 0.240 e. The van der Waals surface area contributed by atoms with Gasteiger partial charge in [-0.2, -0.15) is 0 Å². The fourth-order valence-corrected chi connectivity index (χ4v) is 3.71. The number of halogens is 1. The minimum Gasteiger partial charge on any atom is -0.374 e. The molecule has 0 aromatic heterocycles. The van der Waals surface area contributed by atoms with Gasteiger partial charge in [-0.15, -0.1) is 0 Å². The van der Waals surface area contributed by atoms with E-state index in [9.17, 15) is 12.8 Å². The van der Waals surface area contributed by atoms with E-state index in [-0.39, 0.29) is 29.1 Å². The predicted octanol–water partition coefficient (Wildman–Crippen LogP) is 1.44. The van der Waals surface area contributed by atoms with Gasteiger partial charge < -0.3 is 10.5 Å². The van der Waals surface area contributed by atoms with Gasteiger partial charge in [0.2, 0.25) is 10.0 Å². The molecule has 1 unspecified atom stereocenters. The second-order valence-corrected chi connectivity index (χ2v) is 7.41. The van der Waals surface area contributed by atoms with Crippen molar-refractivity contribution < 1.29 is 17.5 Å². The Hall–Kier alpha value is -1.02. The van der Waals surface area contributed by atoms with Crippen LogP contribution in [0.2, 0.25) is 0 Å². The first-order chi connectivity index (χ1) is 9.77. The monoisotopic (exact) mass is 316 g/mol. The van der Waals surface area contributed by atoms with Crippen molar-refractivity contribution >= 4 is 10.0 Å². The SMILES string of the molecule is Cc1cc(S(=O)(=O)NCC2(C)CCCO2)cc(CN)c1F. The van der Waals surface area contributed by atoms with Gasteiger partial charge >= 0.3 is 0 Å². The van der Waals surface area contributed by atoms with E-state index in [4.69, 9.17) is 10.5 Å². The Morgan fingerprint density at radius 3 is 2.76 bits per heavy atom. The largest absolute Gasteiger partial charge is 0.374 e. The van der Waals surface area contributed by atoms with Gasteiger partial charge in [-0.05, 0) is 44.4 Å². The molecule has 0 spiro atoms. The van der Waals surface area contributed by atoms with Gasteiger partial charge in [0.25, 0.3) is 0 Å². The number of aryl methyl sites for hydroxylation is 1. The molecule has 0 amide bonds. The zero-order chi connectivity index (χ0) is 15.7. The highest BCUT2D eigenvalue weighted by atomic mass is 32.2. The molecule has 1 atom stereocenters. The number of nitrogens with one attached hydrogen (secondary N) is 1. The molecule has 7 heteroatoms. The quantitative estimate of drug-likeness (QED) is 0.861. The summed E-state index contributed by atoms with van der Waals surface area (Å²) in [5.74, 6) is -0.456. The minimum atomic E-state index is -3.71. The maximum atomic E-state index is 13.7. The molecule has 1 aromatic carbocycles. The number of benzene rings is 1. The third-order valence-electron chi connectivity index (χ3n) is 3.77. The summed E-state index contributed by atoms with van der Waals surface area (Å²) in [6, 6.07) is 2.59. The molecule has 1 saturated heterocycles. The molecule has 2 rings (SSSR count). The molecule has 1 aromatic rings. The Bertz CT molecular complexity index is 625. The van der Waals surface area contributed by atoms with Crippen LogP contribution in [-0.4, -0.2) is 27.2 Å². The van der Waals surface area contributed by atoms with E-state index in [1.54, 1.807) is 0 Å². The number of rotatable bonds is 5. The number of sulfonamides is 1. The van der Waals surface area contributed by atoms with Crippen LogP contribution in [0.1, 0.15) is 30.9 Å². The summed E-state index contributed by atoms with van der Waals surface area (Å²) in [6.45, 7) is 4.20. The Kier molecular flexibility index (Phi) is 4.67. The highest BCUT2D eigenvalue weighted by Crippen LogP contribution is 2.25. The first-order valence-corrected chi connectivity index (χ1v) is 8.38. The molecule has 5 nitrogen and oxygen atoms in total. The van der Waals surface area contributed by atoms with Crippen LogP contribution in [0.4, 0.5) is 4.39 Å². The summed E-state index contributed by atoms with van der Waals surface area (Å²) in [5, 5.41) is 0. The van der Waals surface area contributed by atoms with Crippen LogP contribution in [0.3, 0.4) is 0 Å². The molecule has 0 saturated carbocycles. The number of hydrogen-bond acceptors (Lipinski definition) is 4. The zero-order valence-electron chi connectivity index (χ0n) is 12.3. The molecule has 0 bridgehead atoms. The lowest BCUT2D eigenvalue weighted by atomic mass is 10.0. The van der Waals surface area contributed by atoms with Crippen LogP contribution in [-0.2, 0) is 21.3 Å². The van der Waals surface area contributed by atoms with Crippen molar-refractivity contribution in [3.63, 3.8) is 0 Å². The Labute approximate surface area is 124 Å². The smallest absolute Gasteiger partial charge is 0.240 e. The first kappa shape index (κ1) is 16.4. The summed E-state index contributed by atoms with van der Waals surface area (Å²) in [5.41, 5.74) is 5.44.